The molecule has 1 aliphatic heterocycles. The second kappa shape index (κ2) is 8.51. The van der Waals surface area contributed by atoms with Crippen molar-refractivity contribution in [3.05, 3.63) is 59.7 Å². The van der Waals surface area contributed by atoms with Gasteiger partial charge in [0.15, 0.2) is 0 Å². The van der Waals surface area contributed by atoms with Gasteiger partial charge in [-0.2, -0.15) is 0 Å². The zero-order valence-corrected chi connectivity index (χ0v) is 17.4. The summed E-state index contributed by atoms with van der Waals surface area (Å²) in [6, 6.07) is 14.3. The summed E-state index contributed by atoms with van der Waals surface area (Å²) in [4.78, 5) is 43.8. The molecule has 7 heteroatoms. The molecule has 2 aromatic rings. The van der Waals surface area contributed by atoms with E-state index in [1.165, 1.54) is 0 Å². The van der Waals surface area contributed by atoms with Gasteiger partial charge in [-0.05, 0) is 31.2 Å². The van der Waals surface area contributed by atoms with Crippen molar-refractivity contribution < 1.29 is 14.4 Å². The number of ketones is 1. The van der Waals surface area contributed by atoms with E-state index >= 15 is 0 Å². The first-order valence-corrected chi connectivity index (χ1v) is 9.77. The van der Waals surface area contributed by atoms with Gasteiger partial charge < -0.3 is 14.7 Å². The Balaban J connectivity index is 1.73. The summed E-state index contributed by atoms with van der Waals surface area (Å²) >= 11 is 0. The molecule has 0 bridgehead atoms. The van der Waals surface area contributed by atoms with Crippen LogP contribution >= 0.6 is 0 Å². The largest absolute Gasteiger partial charge is 0.377 e. The Bertz CT molecular complexity index is 930. The third-order valence-corrected chi connectivity index (χ3v) is 5.27. The highest BCUT2D eigenvalue weighted by molar-refractivity contribution is 6.44. The molecular weight excluding hydrogens is 365 g/mol. The minimum absolute atomic E-state index is 0.0516. The Morgan fingerprint density at radius 3 is 2.34 bits per heavy atom. The van der Waals surface area contributed by atoms with E-state index in [1.54, 1.807) is 28.0 Å². The Morgan fingerprint density at radius 2 is 1.72 bits per heavy atom. The van der Waals surface area contributed by atoms with Gasteiger partial charge in [-0.1, -0.05) is 29.7 Å². The van der Waals surface area contributed by atoms with Crippen LogP contribution in [-0.2, 0) is 4.79 Å². The molecule has 0 aromatic heterocycles. The molecule has 29 heavy (non-hydrogen) atoms. The van der Waals surface area contributed by atoms with Gasteiger partial charge >= 0.3 is 0 Å². The number of hydrogen-bond donors (Lipinski definition) is 0. The van der Waals surface area contributed by atoms with E-state index in [2.05, 4.69) is 0 Å². The van der Waals surface area contributed by atoms with E-state index in [0.717, 1.165) is 11.2 Å². The first-order chi connectivity index (χ1) is 13.8. The maximum Gasteiger partial charge on any atom is 0.295 e. The number of benzene rings is 2. The number of carbonyl (C=O) groups excluding carboxylic acids is 3. The fraction of sp³-hybridized carbons (Fsp3) is 0.318. The van der Waals surface area contributed by atoms with Crippen LogP contribution in [0.4, 0.5) is 5.69 Å². The van der Waals surface area contributed by atoms with Gasteiger partial charge in [-0.3, -0.25) is 14.4 Å². The van der Waals surface area contributed by atoms with Gasteiger partial charge in [-0.25, -0.2) is 0 Å². The lowest BCUT2D eigenvalue weighted by Crippen LogP contribution is -2.56. The van der Waals surface area contributed by atoms with Crippen molar-refractivity contribution >= 4 is 36.6 Å². The predicted molar refractivity (Wildman–Crippen MR) is 117 cm³/mol. The maximum absolute atomic E-state index is 13.0. The number of piperazine rings is 1. The quantitative estimate of drug-likeness (QED) is 0.434. The zero-order chi connectivity index (χ0) is 21.1. The average Bonchev–Trinajstić information content (AvgIpc) is 2.72. The van der Waals surface area contributed by atoms with Crippen molar-refractivity contribution in [3.8, 4) is 0 Å². The molecule has 6 nitrogen and oxygen atoms in total. The van der Waals surface area contributed by atoms with Crippen molar-refractivity contribution in [1.82, 2.24) is 9.80 Å². The van der Waals surface area contributed by atoms with Crippen molar-refractivity contribution in [1.29, 1.82) is 0 Å². The number of rotatable bonds is 4. The molecule has 0 spiro atoms. The van der Waals surface area contributed by atoms with E-state index < -0.39 is 11.7 Å². The fourth-order valence-electron chi connectivity index (χ4n) is 3.66. The summed E-state index contributed by atoms with van der Waals surface area (Å²) in [6.07, 6.45) is 0. The normalized spacial score (nSPS) is 16.4. The standard InChI is InChI=1S/C22H26BN3O3/c1-15-14-25(21(28)16-7-5-4-6-8-16)11-12-26(15)22(29)20(27)18-10-9-17(23)13-19(18)24(2)3/h4-10,13,15H,11-12,14,23H2,1-3H3/t15-/m1/s1. The maximum atomic E-state index is 13.0. The zero-order valence-electron chi connectivity index (χ0n) is 17.4. The van der Waals surface area contributed by atoms with Crippen LogP contribution in [0.15, 0.2) is 48.5 Å². The van der Waals surface area contributed by atoms with Crippen LogP contribution in [0.1, 0.15) is 27.6 Å². The van der Waals surface area contributed by atoms with Gasteiger partial charge in [0.2, 0.25) is 0 Å². The van der Waals surface area contributed by atoms with Gasteiger partial charge in [0, 0.05) is 51.0 Å². The highest BCUT2D eigenvalue weighted by atomic mass is 16.2. The van der Waals surface area contributed by atoms with Crippen LogP contribution in [0, 0.1) is 0 Å². The van der Waals surface area contributed by atoms with E-state index in [1.807, 2.05) is 64.1 Å². The Morgan fingerprint density at radius 1 is 1.03 bits per heavy atom. The summed E-state index contributed by atoms with van der Waals surface area (Å²) in [7, 11) is 5.66. The molecule has 1 aliphatic rings. The SMILES string of the molecule is Bc1ccc(C(=O)C(=O)N2CCN(C(=O)c3ccccc3)C[C@H]2C)c(N(C)C)c1. The van der Waals surface area contributed by atoms with Gasteiger partial charge in [-0.15, -0.1) is 0 Å². The molecule has 1 saturated heterocycles. The van der Waals surface area contributed by atoms with Crippen LogP contribution in [0.3, 0.4) is 0 Å². The van der Waals surface area contributed by atoms with E-state index in [9.17, 15) is 14.4 Å². The van der Waals surface area contributed by atoms with Gasteiger partial charge in [0.1, 0.15) is 7.85 Å². The van der Waals surface area contributed by atoms with Gasteiger partial charge in [0.25, 0.3) is 17.6 Å². The third kappa shape index (κ3) is 4.34. The van der Waals surface area contributed by atoms with Crippen molar-refractivity contribution in [2.75, 3.05) is 38.6 Å². The summed E-state index contributed by atoms with van der Waals surface area (Å²) in [5, 5.41) is 0. The number of Topliss-reactive ketones (excluding diaryl/α,β-unsaturated/α-hetero) is 1. The Kier molecular flexibility index (Phi) is 6.06. The molecular formula is C22H26BN3O3. The number of nitrogens with zero attached hydrogens (tertiary/aromatic N) is 3. The summed E-state index contributed by atoms with van der Waals surface area (Å²) in [5.74, 6) is -1.08. The molecule has 1 fully saturated rings. The number of amides is 2. The van der Waals surface area contributed by atoms with E-state index in [0.29, 0.717) is 30.8 Å². The fourth-order valence-corrected chi connectivity index (χ4v) is 3.66. The molecule has 0 N–H and O–H groups in total. The molecule has 1 heterocycles. The van der Waals surface area contributed by atoms with Crippen molar-refractivity contribution in [3.63, 3.8) is 0 Å². The Labute approximate surface area is 172 Å². The minimum Gasteiger partial charge on any atom is -0.377 e. The lowest BCUT2D eigenvalue weighted by atomic mass is 9.92. The second-order valence-corrected chi connectivity index (χ2v) is 7.71. The van der Waals surface area contributed by atoms with E-state index in [-0.39, 0.29) is 11.9 Å². The highest BCUT2D eigenvalue weighted by Crippen LogP contribution is 2.20. The monoisotopic (exact) mass is 391 g/mol. The van der Waals surface area contributed by atoms with Crippen LogP contribution < -0.4 is 10.4 Å². The topological polar surface area (TPSA) is 60.9 Å². The smallest absolute Gasteiger partial charge is 0.295 e. The van der Waals surface area contributed by atoms with E-state index in [4.69, 9.17) is 0 Å². The predicted octanol–water partition coefficient (Wildman–Crippen LogP) is 0.567. The van der Waals surface area contributed by atoms with Crippen LogP contribution in [0.2, 0.25) is 0 Å². The molecule has 0 unspecified atom stereocenters. The first kappa shape index (κ1) is 20.6. The number of carbonyl (C=O) groups is 3. The molecule has 3 rings (SSSR count). The molecule has 2 amide bonds. The minimum atomic E-state index is -0.517. The molecule has 1 atom stereocenters. The highest BCUT2D eigenvalue weighted by Gasteiger charge is 2.34. The second-order valence-electron chi connectivity index (χ2n) is 7.71. The third-order valence-electron chi connectivity index (χ3n) is 5.27. The molecule has 0 radical (unpaired) electrons. The van der Waals surface area contributed by atoms with Crippen molar-refractivity contribution in [2.45, 2.75) is 13.0 Å². The molecule has 0 saturated carbocycles. The molecule has 150 valence electrons. The lowest BCUT2D eigenvalue weighted by Gasteiger charge is -2.39. The lowest BCUT2D eigenvalue weighted by molar-refractivity contribution is -0.130. The molecule has 0 aliphatic carbocycles. The van der Waals surface area contributed by atoms with Crippen molar-refractivity contribution in [2.24, 2.45) is 0 Å². The van der Waals surface area contributed by atoms with Crippen LogP contribution in [0.25, 0.3) is 0 Å². The Hall–Kier alpha value is -3.09. The number of anilines is 1. The number of hydrogen-bond acceptors (Lipinski definition) is 4. The van der Waals surface area contributed by atoms with Crippen LogP contribution in [-0.4, -0.2) is 75.0 Å². The summed E-state index contributed by atoms with van der Waals surface area (Å²) in [5.41, 5.74) is 2.79. The summed E-state index contributed by atoms with van der Waals surface area (Å²) < 4.78 is 0. The average molecular weight is 391 g/mol. The molecule has 2 aromatic carbocycles. The van der Waals surface area contributed by atoms with Crippen LogP contribution in [0.5, 0.6) is 0 Å². The first-order valence-electron chi connectivity index (χ1n) is 9.77. The van der Waals surface area contributed by atoms with Gasteiger partial charge in [0.05, 0.1) is 5.56 Å². The summed E-state index contributed by atoms with van der Waals surface area (Å²) in [6.45, 7) is 3.03.